The lowest BCUT2D eigenvalue weighted by Gasteiger charge is -2.27. The molecule has 1 saturated carbocycles. The van der Waals surface area contributed by atoms with Crippen LogP contribution in [-0.2, 0) is 4.79 Å². The highest BCUT2D eigenvalue weighted by atomic mass is 35.5. The number of nitrogens with one attached hydrogen (secondary N) is 1. The summed E-state index contributed by atoms with van der Waals surface area (Å²) in [5.41, 5.74) is 0. The van der Waals surface area contributed by atoms with Gasteiger partial charge in [0, 0.05) is 18.7 Å². The number of carbonyl (C=O) groups excluding carboxylic acids is 1. The van der Waals surface area contributed by atoms with E-state index in [2.05, 4.69) is 5.32 Å². The summed E-state index contributed by atoms with van der Waals surface area (Å²) >= 11 is 11.7. The Morgan fingerprint density at radius 3 is 2.57 bits per heavy atom. The molecule has 0 unspecified atom stereocenters. The van der Waals surface area contributed by atoms with Gasteiger partial charge in [-0.2, -0.15) is 0 Å². The Hall–Kier alpha value is -0.970. The molecule has 0 spiro atoms. The molecule has 21 heavy (non-hydrogen) atoms. The van der Waals surface area contributed by atoms with Crippen LogP contribution in [0.1, 0.15) is 25.7 Å². The molecule has 116 valence electrons. The summed E-state index contributed by atoms with van der Waals surface area (Å²) in [5.74, 6) is 0.752. The fourth-order valence-corrected chi connectivity index (χ4v) is 2.76. The van der Waals surface area contributed by atoms with Gasteiger partial charge in [0.2, 0.25) is 0 Å². The minimum atomic E-state index is -0.145. The number of aliphatic hydroxyl groups excluding tert-OH is 1. The molecule has 0 saturated heterocycles. The molecule has 1 aromatic rings. The zero-order valence-corrected chi connectivity index (χ0v) is 13.2. The fourth-order valence-electron chi connectivity index (χ4n) is 2.47. The number of ether oxygens (including phenoxy) is 1. The van der Waals surface area contributed by atoms with Crippen LogP contribution in [0.25, 0.3) is 0 Å². The molecule has 0 heterocycles. The molecule has 6 heteroatoms. The van der Waals surface area contributed by atoms with Crippen molar-refractivity contribution < 1.29 is 14.6 Å². The van der Waals surface area contributed by atoms with Crippen LogP contribution < -0.4 is 10.1 Å². The summed E-state index contributed by atoms with van der Waals surface area (Å²) in [7, 11) is 0. The maximum atomic E-state index is 11.8. The van der Waals surface area contributed by atoms with E-state index in [1.807, 2.05) is 0 Å². The Kier molecular flexibility index (Phi) is 6.15. The van der Waals surface area contributed by atoms with Crippen molar-refractivity contribution in [2.24, 2.45) is 5.92 Å². The minimum Gasteiger partial charge on any atom is -0.484 e. The van der Waals surface area contributed by atoms with E-state index in [1.165, 1.54) is 0 Å². The van der Waals surface area contributed by atoms with Gasteiger partial charge in [0.1, 0.15) is 5.75 Å². The van der Waals surface area contributed by atoms with Crippen molar-refractivity contribution in [3.05, 3.63) is 28.2 Å². The first-order chi connectivity index (χ1) is 10.1. The van der Waals surface area contributed by atoms with E-state index in [-0.39, 0.29) is 25.2 Å². The van der Waals surface area contributed by atoms with Crippen LogP contribution in [0.4, 0.5) is 0 Å². The monoisotopic (exact) mass is 331 g/mol. The van der Waals surface area contributed by atoms with E-state index in [4.69, 9.17) is 33.0 Å². The quantitative estimate of drug-likeness (QED) is 0.871. The Labute approximate surface area is 134 Å². The molecule has 0 bridgehead atoms. The van der Waals surface area contributed by atoms with Crippen LogP contribution in [0.2, 0.25) is 10.0 Å². The van der Waals surface area contributed by atoms with Gasteiger partial charge in [0.15, 0.2) is 6.61 Å². The van der Waals surface area contributed by atoms with Crippen LogP contribution in [-0.4, -0.2) is 30.3 Å². The number of carbonyl (C=O) groups is 1. The molecule has 4 nitrogen and oxygen atoms in total. The van der Waals surface area contributed by atoms with Gasteiger partial charge >= 0.3 is 0 Å². The van der Waals surface area contributed by atoms with Crippen LogP contribution in [0, 0.1) is 5.92 Å². The number of aliphatic hydroxyl groups is 1. The van der Waals surface area contributed by atoms with Crippen molar-refractivity contribution in [3.63, 3.8) is 0 Å². The Morgan fingerprint density at radius 2 is 1.95 bits per heavy atom. The van der Waals surface area contributed by atoms with Crippen LogP contribution in [0.15, 0.2) is 18.2 Å². The smallest absolute Gasteiger partial charge is 0.258 e. The fraction of sp³-hybridized carbons (Fsp3) is 0.533. The second-order valence-electron chi connectivity index (χ2n) is 5.33. The van der Waals surface area contributed by atoms with Crippen molar-refractivity contribution >= 4 is 29.1 Å². The number of benzene rings is 1. The van der Waals surface area contributed by atoms with E-state index in [0.29, 0.717) is 21.7 Å². The zero-order chi connectivity index (χ0) is 15.2. The van der Waals surface area contributed by atoms with Crippen molar-refractivity contribution in [1.82, 2.24) is 5.32 Å². The van der Waals surface area contributed by atoms with Gasteiger partial charge < -0.3 is 15.2 Å². The van der Waals surface area contributed by atoms with Gasteiger partial charge in [-0.05, 0) is 43.7 Å². The molecule has 1 aromatic carbocycles. The van der Waals surface area contributed by atoms with E-state index < -0.39 is 0 Å². The third kappa shape index (κ3) is 5.06. The predicted octanol–water partition coefficient (Wildman–Crippen LogP) is 3.04. The molecule has 2 N–H and O–H groups in total. The molecule has 0 atom stereocenters. The van der Waals surface area contributed by atoms with Crippen molar-refractivity contribution in [1.29, 1.82) is 0 Å². The maximum absolute atomic E-state index is 11.8. The number of amides is 1. The Morgan fingerprint density at radius 1 is 1.24 bits per heavy atom. The third-order valence-corrected chi connectivity index (χ3v) is 4.47. The number of hydrogen-bond acceptors (Lipinski definition) is 3. The van der Waals surface area contributed by atoms with E-state index in [9.17, 15) is 4.79 Å². The van der Waals surface area contributed by atoms with E-state index >= 15 is 0 Å². The topological polar surface area (TPSA) is 58.6 Å². The van der Waals surface area contributed by atoms with Gasteiger partial charge in [-0.15, -0.1) is 0 Å². The molecule has 1 aliphatic rings. The zero-order valence-electron chi connectivity index (χ0n) is 11.6. The Bertz CT molecular complexity index is 488. The molecule has 0 aromatic heterocycles. The molecule has 0 aliphatic heterocycles. The minimum absolute atomic E-state index is 0.0438. The maximum Gasteiger partial charge on any atom is 0.258 e. The lowest BCUT2D eigenvalue weighted by atomic mass is 9.86. The van der Waals surface area contributed by atoms with E-state index in [1.54, 1.807) is 18.2 Å². The van der Waals surface area contributed by atoms with Gasteiger partial charge in [0.25, 0.3) is 5.91 Å². The lowest BCUT2D eigenvalue weighted by Crippen LogP contribution is -2.40. The van der Waals surface area contributed by atoms with Crippen LogP contribution in [0.5, 0.6) is 5.75 Å². The highest BCUT2D eigenvalue weighted by Gasteiger charge is 2.21. The molecular formula is C15H19Cl2NO3. The van der Waals surface area contributed by atoms with E-state index in [0.717, 1.165) is 25.7 Å². The lowest BCUT2D eigenvalue weighted by molar-refractivity contribution is -0.124. The summed E-state index contributed by atoms with van der Waals surface area (Å²) in [6.45, 7) is 0.193. The number of rotatable bonds is 5. The van der Waals surface area contributed by atoms with Crippen LogP contribution >= 0.6 is 23.2 Å². The first-order valence-electron chi connectivity index (χ1n) is 7.06. The number of halogens is 2. The molecule has 0 radical (unpaired) electrons. The van der Waals surface area contributed by atoms with Gasteiger partial charge in [0.05, 0.1) is 10.0 Å². The SMILES string of the molecule is O=C(COc1ccc(Cl)c(Cl)c1)NC1CCC(CO)CC1. The first-order valence-corrected chi connectivity index (χ1v) is 7.82. The summed E-state index contributed by atoms with van der Waals surface area (Å²) in [5, 5.41) is 12.9. The second kappa shape index (κ2) is 7.87. The third-order valence-electron chi connectivity index (χ3n) is 3.73. The molecule has 1 fully saturated rings. The average Bonchev–Trinajstić information content (AvgIpc) is 2.49. The number of hydrogen-bond donors (Lipinski definition) is 2. The van der Waals surface area contributed by atoms with Crippen molar-refractivity contribution in [3.8, 4) is 5.75 Å². The average molecular weight is 332 g/mol. The predicted molar refractivity (Wildman–Crippen MR) is 82.9 cm³/mol. The second-order valence-corrected chi connectivity index (χ2v) is 6.15. The molecular weight excluding hydrogens is 313 g/mol. The van der Waals surface area contributed by atoms with Crippen molar-refractivity contribution in [2.75, 3.05) is 13.2 Å². The Balaban J connectivity index is 1.73. The summed E-state index contributed by atoms with van der Waals surface area (Å²) < 4.78 is 5.39. The highest BCUT2D eigenvalue weighted by molar-refractivity contribution is 6.42. The molecule has 2 rings (SSSR count). The van der Waals surface area contributed by atoms with Crippen LogP contribution in [0.3, 0.4) is 0 Å². The molecule has 1 amide bonds. The largest absolute Gasteiger partial charge is 0.484 e. The summed E-state index contributed by atoms with van der Waals surface area (Å²) in [6, 6.07) is 5.07. The van der Waals surface area contributed by atoms with Gasteiger partial charge in [-0.1, -0.05) is 23.2 Å². The summed E-state index contributed by atoms with van der Waals surface area (Å²) in [6.07, 6.45) is 3.72. The van der Waals surface area contributed by atoms with Gasteiger partial charge in [-0.25, -0.2) is 0 Å². The highest BCUT2D eigenvalue weighted by Crippen LogP contribution is 2.26. The van der Waals surface area contributed by atoms with Crippen molar-refractivity contribution in [2.45, 2.75) is 31.7 Å². The first kappa shape index (κ1) is 16.4. The van der Waals surface area contributed by atoms with Gasteiger partial charge in [-0.3, -0.25) is 4.79 Å². The summed E-state index contributed by atoms with van der Waals surface area (Å²) in [4.78, 5) is 11.8. The normalized spacial score (nSPS) is 21.9. The molecule has 1 aliphatic carbocycles. The standard InChI is InChI=1S/C15H19Cl2NO3/c16-13-6-5-12(7-14(13)17)21-9-15(20)18-11-3-1-10(8-19)2-4-11/h5-7,10-11,19H,1-4,8-9H2,(H,18,20).